The SMILES string of the molecule is C=CCCOc1ccc(C[C@@H](NC(=O)CNC(=O)OC(C)(C)C)C(=O)OCc2ccccc2)cc1. The van der Waals surface area contributed by atoms with Crippen LogP contribution in [0.25, 0.3) is 0 Å². The van der Waals surface area contributed by atoms with Crippen molar-refractivity contribution in [2.45, 2.75) is 51.9 Å². The maximum absolute atomic E-state index is 12.8. The molecule has 0 aromatic heterocycles. The number of hydrogen-bond donors (Lipinski definition) is 2. The highest BCUT2D eigenvalue weighted by Crippen LogP contribution is 2.15. The molecular weight excluding hydrogens is 448 g/mol. The molecule has 35 heavy (non-hydrogen) atoms. The molecule has 2 aromatic rings. The Balaban J connectivity index is 2.01. The quantitative estimate of drug-likeness (QED) is 0.270. The van der Waals surface area contributed by atoms with Crippen LogP contribution >= 0.6 is 0 Å². The Hall–Kier alpha value is -3.81. The minimum atomic E-state index is -0.945. The second kappa shape index (κ2) is 13.8. The number of carbonyl (C=O) groups excluding carboxylic acids is 3. The second-order valence-corrected chi connectivity index (χ2v) is 8.84. The number of rotatable bonds is 12. The maximum atomic E-state index is 12.8. The molecule has 0 aliphatic rings. The van der Waals surface area contributed by atoms with Gasteiger partial charge in [-0.25, -0.2) is 9.59 Å². The Bertz CT molecular complexity index is 967. The minimum Gasteiger partial charge on any atom is -0.493 e. The van der Waals surface area contributed by atoms with Crippen LogP contribution in [-0.2, 0) is 32.1 Å². The van der Waals surface area contributed by atoms with E-state index in [9.17, 15) is 14.4 Å². The summed E-state index contributed by atoms with van der Waals surface area (Å²) >= 11 is 0. The molecule has 2 rings (SSSR count). The summed E-state index contributed by atoms with van der Waals surface area (Å²) < 4.78 is 16.2. The van der Waals surface area contributed by atoms with Crippen LogP contribution < -0.4 is 15.4 Å². The van der Waals surface area contributed by atoms with Crippen molar-refractivity contribution in [1.82, 2.24) is 10.6 Å². The highest BCUT2D eigenvalue weighted by atomic mass is 16.6. The Kier molecular flexibility index (Phi) is 10.8. The van der Waals surface area contributed by atoms with Gasteiger partial charge in [0.1, 0.15) is 30.5 Å². The first-order valence-corrected chi connectivity index (χ1v) is 11.5. The van der Waals surface area contributed by atoms with E-state index in [0.29, 0.717) is 12.4 Å². The van der Waals surface area contributed by atoms with Gasteiger partial charge in [-0.05, 0) is 50.5 Å². The number of amides is 2. The molecule has 0 aliphatic heterocycles. The predicted octanol–water partition coefficient (Wildman–Crippen LogP) is 3.94. The number of carbonyl (C=O) groups is 3. The smallest absolute Gasteiger partial charge is 0.408 e. The Morgan fingerprint density at radius 2 is 1.69 bits per heavy atom. The first kappa shape index (κ1) is 27.4. The van der Waals surface area contributed by atoms with Crippen LogP contribution in [-0.4, -0.2) is 42.8 Å². The molecule has 8 heteroatoms. The molecule has 0 aliphatic carbocycles. The molecule has 2 aromatic carbocycles. The van der Waals surface area contributed by atoms with Crippen molar-refractivity contribution in [1.29, 1.82) is 0 Å². The zero-order valence-electron chi connectivity index (χ0n) is 20.5. The van der Waals surface area contributed by atoms with Gasteiger partial charge in [-0.3, -0.25) is 4.79 Å². The lowest BCUT2D eigenvalue weighted by atomic mass is 10.1. The largest absolute Gasteiger partial charge is 0.493 e. The molecule has 188 valence electrons. The summed E-state index contributed by atoms with van der Waals surface area (Å²) in [6.45, 7) is 9.10. The summed E-state index contributed by atoms with van der Waals surface area (Å²) in [7, 11) is 0. The van der Waals surface area contributed by atoms with Crippen molar-refractivity contribution in [3.05, 3.63) is 78.4 Å². The number of ether oxygens (including phenoxy) is 3. The Labute approximate surface area is 206 Å². The fourth-order valence-electron chi connectivity index (χ4n) is 2.95. The fraction of sp³-hybridized carbons (Fsp3) is 0.370. The molecule has 0 heterocycles. The molecule has 2 amide bonds. The van der Waals surface area contributed by atoms with Crippen LogP contribution in [0.3, 0.4) is 0 Å². The lowest BCUT2D eigenvalue weighted by Crippen LogP contribution is -2.47. The summed E-state index contributed by atoms with van der Waals surface area (Å²) in [6.07, 6.45) is 2.00. The molecule has 0 spiro atoms. The van der Waals surface area contributed by atoms with E-state index in [0.717, 1.165) is 17.5 Å². The van der Waals surface area contributed by atoms with Gasteiger partial charge in [0.25, 0.3) is 0 Å². The van der Waals surface area contributed by atoms with E-state index in [-0.39, 0.29) is 19.6 Å². The molecule has 0 bridgehead atoms. The molecule has 2 N–H and O–H groups in total. The average molecular weight is 483 g/mol. The molecule has 0 unspecified atom stereocenters. The van der Waals surface area contributed by atoms with Gasteiger partial charge in [-0.1, -0.05) is 48.5 Å². The highest BCUT2D eigenvalue weighted by molar-refractivity contribution is 5.87. The molecule has 0 saturated heterocycles. The molecule has 0 radical (unpaired) electrons. The number of benzene rings is 2. The highest BCUT2D eigenvalue weighted by Gasteiger charge is 2.24. The van der Waals surface area contributed by atoms with E-state index in [1.165, 1.54) is 0 Å². The maximum Gasteiger partial charge on any atom is 0.408 e. The third-order valence-corrected chi connectivity index (χ3v) is 4.59. The van der Waals surface area contributed by atoms with E-state index in [4.69, 9.17) is 14.2 Å². The molecular formula is C27H34N2O6. The lowest BCUT2D eigenvalue weighted by molar-refractivity contribution is -0.149. The zero-order valence-corrected chi connectivity index (χ0v) is 20.5. The van der Waals surface area contributed by atoms with Crippen molar-refractivity contribution in [3.8, 4) is 5.75 Å². The van der Waals surface area contributed by atoms with Crippen LogP contribution in [0.4, 0.5) is 4.79 Å². The van der Waals surface area contributed by atoms with E-state index in [1.807, 2.05) is 42.5 Å². The molecule has 1 atom stereocenters. The van der Waals surface area contributed by atoms with E-state index < -0.39 is 29.6 Å². The van der Waals surface area contributed by atoms with Crippen molar-refractivity contribution < 1.29 is 28.6 Å². The van der Waals surface area contributed by atoms with Gasteiger partial charge in [0.15, 0.2) is 0 Å². The first-order valence-electron chi connectivity index (χ1n) is 11.5. The van der Waals surface area contributed by atoms with Crippen molar-refractivity contribution in [2.75, 3.05) is 13.2 Å². The third kappa shape index (κ3) is 11.2. The summed E-state index contributed by atoms with van der Waals surface area (Å²) in [6, 6.07) is 15.6. The van der Waals surface area contributed by atoms with Gasteiger partial charge in [0, 0.05) is 6.42 Å². The van der Waals surface area contributed by atoms with Crippen LogP contribution in [0, 0.1) is 0 Å². The lowest BCUT2D eigenvalue weighted by Gasteiger charge is -2.20. The number of nitrogens with one attached hydrogen (secondary N) is 2. The standard InChI is InChI=1S/C27H34N2O6/c1-5-6-16-33-22-14-12-20(13-15-22)17-23(25(31)34-19-21-10-8-7-9-11-21)29-24(30)18-28-26(32)35-27(2,3)4/h5,7-15,23H,1,6,16-19H2,2-4H3,(H,28,32)(H,29,30)/t23-/m1/s1. The summed E-state index contributed by atoms with van der Waals surface area (Å²) in [5.41, 5.74) is 0.952. The van der Waals surface area contributed by atoms with E-state index in [2.05, 4.69) is 17.2 Å². The fourth-order valence-corrected chi connectivity index (χ4v) is 2.95. The van der Waals surface area contributed by atoms with Crippen LogP contribution in [0.2, 0.25) is 0 Å². The second-order valence-electron chi connectivity index (χ2n) is 8.84. The van der Waals surface area contributed by atoms with Crippen LogP contribution in [0.5, 0.6) is 5.75 Å². The van der Waals surface area contributed by atoms with E-state index in [1.54, 1.807) is 39.0 Å². The Morgan fingerprint density at radius 1 is 1.00 bits per heavy atom. The molecule has 0 fully saturated rings. The van der Waals surface area contributed by atoms with Gasteiger partial charge >= 0.3 is 12.1 Å². The van der Waals surface area contributed by atoms with Crippen molar-refractivity contribution in [3.63, 3.8) is 0 Å². The van der Waals surface area contributed by atoms with Crippen molar-refractivity contribution in [2.24, 2.45) is 0 Å². The topological polar surface area (TPSA) is 103 Å². The number of esters is 1. The Morgan fingerprint density at radius 3 is 2.31 bits per heavy atom. The number of alkyl carbamates (subject to hydrolysis) is 1. The monoisotopic (exact) mass is 482 g/mol. The van der Waals surface area contributed by atoms with Crippen molar-refractivity contribution >= 4 is 18.0 Å². The predicted molar refractivity (Wildman–Crippen MR) is 133 cm³/mol. The number of hydrogen-bond acceptors (Lipinski definition) is 6. The molecule has 0 saturated carbocycles. The van der Waals surface area contributed by atoms with E-state index >= 15 is 0 Å². The summed E-state index contributed by atoms with van der Waals surface area (Å²) in [5.74, 6) is -0.419. The van der Waals surface area contributed by atoms with Crippen LogP contribution in [0.15, 0.2) is 67.3 Å². The summed E-state index contributed by atoms with van der Waals surface area (Å²) in [5, 5.41) is 5.04. The zero-order chi connectivity index (χ0) is 25.7. The van der Waals surface area contributed by atoms with Gasteiger partial charge in [0.2, 0.25) is 5.91 Å². The first-order chi connectivity index (χ1) is 16.7. The van der Waals surface area contributed by atoms with Gasteiger partial charge in [0.05, 0.1) is 6.61 Å². The van der Waals surface area contributed by atoms with Gasteiger partial charge in [-0.2, -0.15) is 0 Å². The van der Waals surface area contributed by atoms with Gasteiger partial charge in [-0.15, -0.1) is 6.58 Å². The molecule has 8 nitrogen and oxygen atoms in total. The summed E-state index contributed by atoms with van der Waals surface area (Å²) in [4.78, 5) is 37.2. The van der Waals surface area contributed by atoms with Crippen LogP contribution in [0.1, 0.15) is 38.3 Å². The third-order valence-electron chi connectivity index (χ3n) is 4.59. The average Bonchev–Trinajstić information content (AvgIpc) is 2.81. The normalized spacial score (nSPS) is 11.6. The van der Waals surface area contributed by atoms with Gasteiger partial charge < -0.3 is 24.8 Å². The minimum absolute atomic E-state index is 0.0816.